The lowest BCUT2D eigenvalue weighted by atomic mass is 10.2. The Balaban J connectivity index is 2.26. The molecule has 1 aliphatic heterocycles. The highest BCUT2D eigenvalue weighted by Gasteiger charge is 2.25. The monoisotopic (exact) mass is 220 g/mol. The maximum absolute atomic E-state index is 11.8. The van der Waals surface area contributed by atoms with Crippen LogP contribution in [0, 0.1) is 0 Å². The van der Waals surface area contributed by atoms with E-state index < -0.39 is 0 Å². The third-order valence-electron chi connectivity index (χ3n) is 2.76. The van der Waals surface area contributed by atoms with Gasteiger partial charge in [-0.15, -0.1) is 0 Å². The van der Waals surface area contributed by atoms with Gasteiger partial charge in [-0.05, 0) is 26.1 Å². The minimum Gasteiger partial charge on any atom is -0.482 e. The molecule has 0 spiro atoms. The Morgan fingerprint density at radius 1 is 1.50 bits per heavy atom. The van der Waals surface area contributed by atoms with Gasteiger partial charge in [0.15, 0.2) is 6.61 Å². The molecule has 1 N–H and O–H groups in total. The van der Waals surface area contributed by atoms with Gasteiger partial charge in [-0.1, -0.05) is 12.1 Å². The number of rotatable bonds is 3. The number of hydrogen-bond donors (Lipinski definition) is 1. The number of nitrogens with zero attached hydrogens (tertiary/aromatic N) is 1. The number of carbonyl (C=O) groups excluding carboxylic acids is 1. The normalized spacial score (nSPS) is 16.6. The minimum atomic E-state index is 0.0146. The summed E-state index contributed by atoms with van der Waals surface area (Å²) in [6.07, 6.45) is 0. The summed E-state index contributed by atoms with van der Waals surface area (Å²) in [5.41, 5.74) is 0.862. The Labute approximate surface area is 95.2 Å². The van der Waals surface area contributed by atoms with E-state index in [0.29, 0.717) is 6.54 Å². The van der Waals surface area contributed by atoms with Crippen molar-refractivity contribution in [1.82, 2.24) is 5.32 Å². The number of amides is 1. The van der Waals surface area contributed by atoms with Crippen molar-refractivity contribution in [2.75, 3.05) is 25.1 Å². The largest absolute Gasteiger partial charge is 0.482 e. The SMILES string of the molecule is CNC(C)CN1C(=O)COc2ccccc21. The van der Waals surface area contributed by atoms with Crippen molar-refractivity contribution in [1.29, 1.82) is 0 Å². The van der Waals surface area contributed by atoms with Crippen molar-refractivity contribution in [2.24, 2.45) is 0 Å². The van der Waals surface area contributed by atoms with Gasteiger partial charge in [0.1, 0.15) is 5.75 Å². The van der Waals surface area contributed by atoms with E-state index in [0.717, 1.165) is 11.4 Å². The molecule has 1 unspecified atom stereocenters. The van der Waals surface area contributed by atoms with Crippen LogP contribution in [-0.4, -0.2) is 32.1 Å². The van der Waals surface area contributed by atoms with Crippen LogP contribution in [0.25, 0.3) is 0 Å². The van der Waals surface area contributed by atoms with Crippen molar-refractivity contribution < 1.29 is 9.53 Å². The van der Waals surface area contributed by atoms with Crippen molar-refractivity contribution >= 4 is 11.6 Å². The van der Waals surface area contributed by atoms with Crippen molar-refractivity contribution in [3.8, 4) is 5.75 Å². The molecule has 1 aliphatic rings. The molecule has 0 fully saturated rings. The molecule has 0 bridgehead atoms. The van der Waals surface area contributed by atoms with Gasteiger partial charge in [0, 0.05) is 12.6 Å². The van der Waals surface area contributed by atoms with E-state index in [2.05, 4.69) is 5.32 Å². The second-order valence-corrected chi connectivity index (χ2v) is 3.95. The molecule has 4 heteroatoms. The lowest BCUT2D eigenvalue weighted by molar-refractivity contribution is -0.121. The van der Waals surface area contributed by atoms with Gasteiger partial charge in [0.25, 0.3) is 5.91 Å². The number of likely N-dealkylation sites (N-methyl/N-ethyl adjacent to an activating group) is 1. The summed E-state index contributed by atoms with van der Waals surface area (Å²) in [4.78, 5) is 13.6. The molecule has 2 rings (SSSR count). The van der Waals surface area contributed by atoms with E-state index >= 15 is 0 Å². The van der Waals surface area contributed by atoms with E-state index in [1.54, 1.807) is 4.90 Å². The highest BCUT2D eigenvalue weighted by molar-refractivity contribution is 5.97. The number of nitrogens with one attached hydrogen (secondary N) is 1. The van der Waals surface area contributed by atoms with Crippen molar-refractivity contribution in [3.05, 3.63) is 24.3 Å². The first-order valence-corrected chi connectivity index (χ1v) is 5.42. The van der Waals surface area contributed by atoms with Crippen LogP contribution in [0.1, 0.15) is 6.92 Å². The van der Waals surface area contributed by atoms with Crippen LogP contribution in [-0.2, 0) is 4.79 Å². The van der Waals surface area contributed by atoms with Gasteiger partial charge in [-0.25, -0.2) is 0 Å². The third-order valence-corrected chi connectivity index (χ3v) is 2.76. The molecule has 86 valence electrons. The Morgan fingerprint density at radius 2 is 2.25 bits per heavy atom. The second-order valence-electron chi connectivity index (χ2n) is 3.95. The molecule has 0 saturated carbocycles. The van der Waals surface area contributed by atoms with Gasteiger partial charge in [-0.2, -0.15) is 0 Å². The predicted octanol–water partition coefficient (Wildman–Crippen LogP) is 1.02. The van der Waals surface area contributed by atoms with Crippen molar-refractivity contribution in [3.63, 3.8) is 0 Å². The fourth-order valence-corrected chi connectivity index (χ4v) is 1.72. The third kappa shape index (κ3) is 2.02. The van der Waals surface area contributed by atoms with E-state index in [-0.39, 0.29) is 18.6 Å². The van der Waals surface area contributed by atoms with Gasteiger partial charge < -0.3 is 15.0 Å². The summed E-state index contributed by atoms with van der Waals surface area (Å²) in [6.45, 7) is 2.84. The first kappa shape index (κ1) is 11.0. The number of para-hydroxylation sites is 2. The van der Waals surface area contributed by atoms with Gasteiger partial charge >= 0.3 is 0 Å². The Kier molecular flexibility index (Phi) is 3.10. The quantitative estimate of drug-likeness (QED) is 0.827. The van der Waals surface area contributed by atoms with E-state index in [1.807, 2.05) is 38.2 Å². The number of fused-ring (bicyclic) bond motifs is 1. The molecule has 1 atom stereocenters. The van der Waals surface area contributed by atoms with Crippen molar-refractivity contribution in [2.45, 2.75) is 13.0 Å². The Bertz CT molecular complexity index is 392. The molecule has 1 amide bonds. The first-order valence-electron chi connectivity index (χ1n) is 5.42. The van der Waals surface area contributed by atoms with Crippen LogP contribution in [0.4, 0.5) is 5.69 Å². The predicted molar refractivity (Wildman–Crippen MR) is 62.8 cm³/mol. The standard InChI is InChI=1S/C12H16N2O2/c1-9(13-2)7-14-10-5-3-4-6-11(10)16-8-12(14)15/h3-6,9,13H,7-8H2,1-2H3. The van der Waals surface area contributed by atoms with Crippen LogP contribution in [0.2, 0.25) is 0 Å². The average Bonchev–Trinajstić information content (AvgIpc) is 2.32. The Hall–Kier alpha value is -1.55. The molecule has 0 radical (unpaired) electrons. The number of anilines is 1. The number of carbonyl (C=O) groups is 1. The second kappa shape index (κ2) is 4.53. The smallest absolute Gasteiger partial charge is 0.265 e. The summed E-state index contributed by atoms with van der Waals surface area (Å²) in [6, 6.07) is 7.88. The molecule has 1 aromatic rings. The molecule has 0 saturated heterocycles. The van der Waals surface area contributed by atoms with E-state index in [9.17, 15) is 4.79 Å². The van der Waals surface area contributed by atoms with Crippen LogP contribution < -0.4 is 15.0 Å². The van der Waals surface area contributed by atoms with Crippen LogP contribution in [0.5, 0.6) is 5.75 Å². The molecular weight excluding hydrogens is 204 g/mol. The molecule has 1 aromatic carbocycles. The summed E-state index contributed by atoms with van der Waals surface area (Å²) >= 11 is 0. The van der Waals surface area contributed by atoms with Crippen LogP contribution in [0.15, 0.2) is 24.3 Å². The molecule has 1 heterocycles. The summed E-state index contributed by atoms with van der Waals surface area (Å²) < 4.78 is 5.37. The summed E-state index contributed by atoms with van der Waals surface area (Å²) in [5, 5.41) is 3.13. The van der Waals surface area contributed by atoms with Gasteiger partial charge in [0.05, 0.1) is 5.69 Å². The molecule has 16 heavy (non-hydrogen) atoms. The maximum atomic E-state index is 11.8. The highest BCUT2D eigenvalue weighted by atomic mass is 16.5. The minimum absolute atomic E-state index is 0.0146. The van der Waals surface area contributed by atoms with Gasteiger partial charge in [-0.3, -0.25) is 4.79 Å². The van der Waals surface area contributed by atoms with E-state index in [1.165, 1.54) is 0 Å². The summed E-state index contributed by atoms with van der Waals surface area (Å²) in [7, 11) is 1.89. The fraction of sp³-hybridized carbons (Fsp3) is 0.417. The lowest BCUT2D eigenvalue weighted by Gasteiger charge is -2.31. The lowest BCUT2D eigenvalue weighted by Crippen LogP contribution is -2.45. The zero-order valence-corrected chi connectivity index (χ0v) is 9.56. The van der Waals surface area contributed by atoms with Crippen LogP contribution in [0.3, 0.4) is 0 Å². The molecule has 4 nitrogen and oxygen atoms in total. The number of ether oxygens (including phenoxy) is 1. The van der Waals surface area contributed by atoms with E-state index in [4.69, 9.17) is 4.74 Å². The van der Waals surface area contributed by atoms with Crippen LogP contribution >= 0.6 is 0 Å². The van der Waals surface area contributed by atoms with Gasteiger partial charge in [0.2, 0.25) is 0 Å². The number of hydrogen-bond acceptors (Lipinski definition) is 3. The molecule has 0 aromatic heterocycles. The average molecular weight is 220 g/mol. The molecule has 0 aliphatic carbocycles. The topological polar surface area (TPSA) is 41.6 Å². The Morgan fingerprint density at radius 3 is 3.00 bits per heavy atom. The number of benzene rings is 1. The molecular formula is C12H16N2O2. The highest BCUT2D eigenvalue weighted by Crippen LogP contribution is 2.31. The fourth-order valence-electron chi connectivity index (χ4n) is 1.72. The zero-order chi connectivity index (χ0) is 11.5. The first-order chi connectivity index (χ1) is 7.72. The summed E-state index contributed by atoms with van der Waals surface area (Å²) in [5.74, 6) is 0.797. The zero-order valence-electron chi connectivity index (χ0n) is 9.56. The maximum Gasteiger partial charge on any atom is 0.265 e.